The number of methoxy groups -OCH3 is 1. The Hall–Kier alpha value is -1.91. The molecule has 1 saturated heterocycles. The first-order valence-corrected chi connectivity index (χ1v) is 8.18. The Balaban J connectivity index is 1.93. The van der Waals surface area contributed by atoms with Gasteiger partial charge in [0.25, 0.3) is 0 Å². The van der Waals surface area contributed by atoms with Crippen molar-refractivity contribution in [1.82, 2.24) is 10.6 Å². The molecule has 0 bridgehead atoms. The first-order valence-electron chi connectivity index (χ1n) is 8.18. The largest absolute Gasteiger partial charge is 0.495 e. The van der Waals surface area contributed by atoms with Crippen molar-refractivity contribution in [3.8, 4) is 5.75 Å². The van der Waals surface area contributed by atoms with Crippen molar-refractivity contribution in [3.05, 3.63) is 24.3 Å². The fraction of sp³-hybridized carbons (Fsp3) is 0.588. The summed E-state index contributed by atoms with van der Waals surface area (Å²) in [5.74, 6) is 2.46. The maximum atomic E-state index is 5.47. The van der Waals surface area contributed by atoms with E-state index in [2.05, 4.69) is 41.5 Å². The molecular weight excluding hydrogens is 276 g/mol. The number of para-hydroxylation sites is 2. The van der Waals surface area contributed by atoms with E-state index in [0.29, 0.717) is 5.92 Å². The van der Waals surface area contributed by atoms with Crippen molar-refractivity contribution in [2.24, 2.45) is 10.9 Å². The minimum atomic E-state index is 0.595. The highest BCUT2D eigenvalue weighted by molar-refractivity contribution is 5.79. The van der Waals surface area contributed by atoms with Gasteiger partial charge >= 0.3 is 0 Å². The Labute approximate surface area is 133 Å². The van der Waals surface area contributed by atoms with Crippen LogP contribution in [-0.4, -0.2) is 45.8 Å². The molecule has 5 nitrogen and oxygen atoms in total. The Morgan fingerprint density at radius 1 is 1.27 bits per heavy atom. The maximum Gasteiger partial charge on any atom is 0.191 e. The highest BCUT2D eigenvalue weighted by atomic mass is 16.5. The third kappa shape index (κ3) is 4.29. The van der Waals surface area contributed by atoms with Gasteiger partial charge in [-0.3, -0.25) is 4.99 Å². The van der Waals surface area contributed by atoms with Crippen molar-refractivity contribution in [3.63, 3.8) is 0 Å². The second kappa shape index (κ2) is 8.51. The summed E-state index contributed by atoms with van der Waals surface area (Å²) in [5, 5.41) is 6.55. The lowest BCUT2D eigenvalue weighted by atomic mass is 10.1. The van der Waals surface area contributed by atoms with E-state index in [0.717, 1.165) is 44.4 Å². The van der Waals surface area contributed by atoms with Crippen LogP contribution in [0.5, 0.6) is 5.75 Å². The topological polar surface area (TPSA) is 48.9 Å². The molecule has 0 radical (unpaired) electrons. The Bertz CT molecular complexity index is 481. The lowest BCUT2D eigenvalue weighted by Gasteiger charge is -2.21. The predicted octanol–water partition coefficient (Wildman–Crippen LogP) is 2.10. The van der Waals surface area contributed by atoms with Crippen LogP contribution in [0.15, 0.2) is 29.3 Å². The van der Waals surface area contributed by atoms with Gasteiger partial charge in [0.1, 0.15) is 5.75 Å². The summed E-state index contributed by atoms with van der Waals surface area (Å²) in [6.45, 7) is 8.93. The Kier molecular flexibility index (Phi) is 6.37. The van der Waals surface area contributed by atoms with Crippen LogP contribution in [0.2, 0.25) is 0 Å². The number of nitrogens with one attached hydrogen (secondary N) is 2. The average molecular weight is 304 g/mol. The summed E-state index contributed by atoms with van der Waals surface area (Å²) < 4.78 is 5.47. The van der Waals surface area contributed by atoms with Gasteiger partial charge in [0.05, 0.1) is 12.8 Å². The van der Waals surface area contributed by atoms with Crippen LogP contribution in [0, 0.1) is 5.92 Å². The first-order chi connectivity index (χ1) is 10.8. The van der Waals surface area contributed by atoms with E-state index in [1.807, 2.05) is 12.1 Å². The molecule has 1 unspecified atom stereocenters. The number of benzene rings is 1. The summed E-state index contributed by atoms with van der Waals surface area (Å²) in [7, 11) is 1.73. The number of anilines is 1. The molecule has 0 spiro atoms. The van der Waals surface area contributed by atoms with Gasteiger partial charge in [-0.1, -0.05) is 12.1 Å². The van der Waals surface area contributed by atoms with E-state index in [9.17, 15) is 0 Å². The standard InChI is InChI=1S/C17H28N4O/c1-4-18-17(19-5-2)20-12-14-10-11-21(13-14)15-8-6-7-9-16(15)22-3/h6-9,14H,4-5,10-13H2,1-3H3,(H2,18,19,20). The second-order valence-electron chi connectivity index (χ2n) is 5.52. The van der Waals surface area contributed by atoms with Crippen LogP contribution < -0.4 is 20.3 Å². The van der Waals surface area contributed by atoms with E-state index in [1.54, 1.807) is 7.11 Å². The molecule has 2 rings (SSSR count). The van der Waals surface area contributed by atoms with Gasteiger partial charge in [-0.05, 0) is 38.3 Å². The molecule has 22 heavy (non-hydrogen) atoms. The Morgan fingerprint density at radius 3 is 2.68 bits per heavy atom. The zero-order chi connectivity index (χ0) is 15.8. The first kappa shape index (κ1) is 16.5. The zero-order valence-corrected chi connectivity index (χ0v) is 13.9. The quantitative estimate of drug-likeness (QED) is 0.624. The predicted molar refractivity (Wildman–Crippen MR) is 93.0 cm³/mol. The third-order valence-corrected chi connectivity index (χ3v) is 3.91. The molecule has 1 aliphatic heterocycles. The highest BCUT2D eigenvalue weighted by Crippen LogP contribution is 2.31. The minimum Gasteiger partial charge on any atom is -0.495 e. The van der Waals surface area contributed by atoms with Crippen molar-refractivity contribution in [2.45, 2.75) is 20.3 Å². The van der Waals surface area contributed by atoms with Gasteiger partial charge in [0.2, 0.25) is 0 Å². The molecule has 122 valence electrons. The van der Waals surface area contributed by atoms with E-state index >= 15 is 0 Å². The van der Waals surface area contributed by atoms with Crippen molar-refractivity contribution >= 4 is 11.6 Å². The summed E-state index contributed by atoms with van der Waals surface area (Å²) >= 11 is 0. The minimum absolute atomic E-state index is 0.595. The monoisotopic (exact) mass is 304 g/mol. The van der Waals surface area contributed by atoms with Crippen LogP contribution in [0.1, 0.15) is 20.3 Å². The molecule has 0 amide bonds. The Morgan fingerprint density at radius 2 is 2.00 bits per heavy atom. The molecule has 1 aromatic rings. The van der Waals surface area contributed by atoms with Crippen LogP contribution in [0.25, 0.3) is 0 Å². The van der Waals surface area contributed by atoms with E-state index < -0.39 is 0 Å². The highest BCUT2D eigenvalue weighted by Gasteiger charge is 2.24. The van der Waals surface area contributed by atoms with Crippen LogP contribution in [-0.2, 0) is 0 Å². The molecular formula is C17H28N4O. The van der Waals surface area contributed by atoms with E-state index in [4.69, 9.17) is 9.73 Å². The van der Waals surface area contributed by atoms with Gasteiger partial charge in [-0.25, -0.2) is 0 Å². The molecule has 1 aliphatic rings. The molecule has 1 atom stereocenters. The molecule has 1 aromatic carbocycles. The van der Waals surface area contributed by atoms with Gasteiger partial charge in [-0.2, -0.15) is 0 Å². The molecule has 0 saturated carbocycles. The number of rotatable bonds is 6. The molecule has 2 N–H and O–H groups in total. The van der Waals surface area contributed by atoms with Crippen molar-refractivity contribution in [1.29, 1.82) is 0 Å². The van der Waals surface area contributed by atoms with Gasteiger partial charge in [-0.15, -0.1) is 0 Å². The van der Waals surface area contributed by atoms with Gasteiger partial charge in [0.15, 0.2) is 5.96 Å². The molecule has 1 heterocycles. The fourth-order valence-electron chi connectivity index (χ4n) is 2.82. The van der Waals surface area contributed by atoms with E-state index in [-0.39, 0.29) is 0 Å². The summed E-state index contributed by atoms with van der Waals surface area (Å²) in [6, 6.07) is 8.24. The summed E-state index contributed by atoms with van der Waals surface area (Å²) in [5.41, 5.74) is 1.19. The lowest BCUT2D eigenvalue weighted by Crippen LogP contribution is -2.37. The fourth-order valence-corrected chi connectivity index (χ4v) is 2.82. The number of nitrogens with zero attached hydrogens (tertiary/aromatic N) is 2. The maximum absolute atomic E-state index is 5.47. The second-order valence-corrected chi connectivity index (χ2v) is 5.52. The molecule has 5 heteroatoms. The van der Waals surface area contributed by atoms with Crippen LogP contribution in [0.4, 0.5) is 5.69 Å². The van der Waals surface area contributed by atoms with Crippen molar-refractivity contribution < 1.29 is 4.74 Å². The summed E-state index contributed by atoms with van der Waals surface area (Å²) in [6.07, 6.45) is 1.17. The lowest BCUT2D eigenvalue weighted by molar-refractivity contribution is 0.414. The van der Waals surface area contributed by atoms with Crippen molar-refractivity contribution in [2.75, 3.05) is 44.7 Å². The normalized spacial score (nSPS) is 17.2. The number of ether oxygens (including phenoxy) is 1. The zero-order valence-electron chi connectivity index (χ0n) is 13.9. The number of hydrogen-bond acceptors (Lipinski definition) is 3. The number of aliphatic imine (C=N–C) groups is 1. The number of hydrogen-bond donors (Lipinski definition) is 2. The molecule has 0 aromatic heterocycles. The summed E-state index contributed by atoms with van der Waals surface area (Å²) in [4.78, 5) is 7.09. The van der Waals surface area contributed by atoms with Gasteiger partial charge < -0.3 is 20.3 Å². The van der Waals surface area contributed by atoms with Crippen LogP contribution >= 0.6 is 0 Å². The molecule has 0 aliphatic carbocycles. The smallest absolute Gasteiger partial charge is 0.191 e. The third-order valence-electron chi connectivity index (χ3n) is 3.91. The molecule has 1 fully saturated rings. The van der Waals surface area contributed by atoms with Crippen LogP contribution in [0.3, 0.4) is 0 Å². The average Bonchev–Trinajstić information content (AvgIpc) is 3.02. The SMILES string of the molecule is CCNC(=NCC1CCN(c2ccccc2OC)C1)NCC. The number of guanidine groups is 1. The van der Waals surface area contributed by atoms with E-state index in [1.165, 1.54) is 12.1 Å². The van der Waals surface area contributed by atoms with Gasteiger partial charge in [0, 0.05) is 32.7 Å².